The molecule has 7 nitrogen and oxygen atoms in total. The van der Waals surface area contributed by atoms with Gasteiger partial charge in [0.2, 0.25) is 0 Å². The van der Waals surface area contributed by atoms with Gasteiger partial charge in [-0.15, -0.1) is 0 Å². The molecule has 0 unspecified atom stereocenters. The number of aryl methyl sites for hydroxylation is 1. The van der Waals surface area contributed by atoms with Crippen molar-refractivity contribution in [3.63, 3.8) is 0 Å². The van der Waals surface area contributed by atoms with E-state index in [-0.39, 0.29) is 24.3 Å². The van der Waals surface area contributed by atoms with Crippen LogP contribution in [0.4, 0.5) is 5.69 Å². The topological polar surface area (TPSA) is 104 Å². The number of carbonyl (C=O) groups is 1. The van der Waals surface area contributed by atoms with E-state index in [9.17, 15) is 25.1 Å². The normalized spacial score (nSPS) is 22.6. The Balaban J connectivity index is 2.29. The Morgan fingerprint density at radius 3 is 2.47 bits per heavy atom. The third-order valence-corrected chi connectivity index (χ3v) is 3.21. The summed E-state index contributed by atoms with van der Waals surface area (Å²) in [5, 5.41) is 29.6. The smallest absolute Gasteiger partial charge is 0.270 e. The Morgan fingerprint density at radius 2 is 1.95 bits per heavy atom. The summed E-state index contributed by atoms with van der Waals surface area (Å²) >= 11 is 0. The number of amides is 1. The van der Waals surface area contributed by atoms with E-state index in [1.165, 1.54) is 23.1 Å². The molecule has 1 aromatic rings. The first-order valence-corrected chi connectivity index (χ1v) is 5.80. The van der Waals surface area contributed by atoms with Crippen LogP contribution in [0.2, 0.25) is 0 Å². The highest BCUT2D eigenvalue weighted by molar-refractivity contribution is 5.96. The zero-order valence-corrected chi connectivity index (χ0v) is 10.3. The molecule has 0 aromatic heterocycles. The van der Waals surface area contributed by atoms with Gasteiger partial charge in [-0.2, -0.15) is 0 Å². The molecule has 1 aromatic carbocycles. The fourth-order valence-electron chi connectivity index (χ4n) is 2.06. The molecule has 1 aliphatic heterocycles. The minimum atomic E-state index is -0.969. The first-order chi connectivity index (χ1) is 8.90. The summed E-state index contributed by atoms with van der Waals surface area (Å²) in [6, 6.07) is 4.06. The maximum atomic E-state index is 12.2. The minimum absolute atomic E-state index is 0.0299. The number of non-ortho nitro benzene ring substituents is 1. The van der Waals surface area contributed by atoms with Crippen molar-refractivity contribution >= 4 is 11.6 Å². The third-order valence-electron chi connectivity index (χ3n) is 3.21. The lowest BCUT2D eigenvalue weighted by molar-refractivity contribution is -0.384. The highest BCUT2D eigenvalue weighted by Crippen LogP contribution is 2.21. The van der Waals surface area contributed by atoms with E-state index in [0.29, 0.717) is 5.56 Å². The molecule has 7 heteroatoms. The van der Waals surface area contributed by atoms with Crippen molar-refractivity contribution in [3.05, 3.63) is 39.4 Å². The van der Waals surface area contributed by atoms with Gasteiger partial charge in [0.1, 0.15) is 0 Å². The highest BCUT2D eigenvalue weighted by atomic mass is 16.6. The molecule has 102 valence electrons. The molecule has 2 atom stereocenters. The van der Waals surface area contributed by atoms with Gasteiger partial charge in [-0.1, -0.05) is 6.07 Å². The van der Waals surface area contributed by atoms with Crippen LogP contribution in [0.5, 0.6) is 0 Å². The Labute approximate surface area is 109 Å². The second-order valence-corrected chi connectivity index (χ2v) is 4.60. The predicted octanol–water partition coefficient (Wildman–Crippen LogP) is 0.0808. The maximum Gasteiger partial charge on any atom is 0.270 e. The van der Waals surface area contributed by atoms with E-state index in [4.69, 9.17) is 0 Å². The number of aliphatic hydroxyl groups excluding tert-OH is 2. The first-order valence-electron chi connectivity index (χ1n) is 5.80. The zero-order chi connectivity index (χ0) is 14.2. The van der Waals surface area contributed by atoms with Crippen LogP contribution in [-0.2, 0) is 0 Å². The lowest BCUT2D eigenvalue weighted by Gasteiger charge is -2.16. The van der Waals surface area contributed by atoms with Crippen molar-refractivity contribution in [2.24, 2.45) is 0 Å². The summed E-state index contributed by atoms with van der Waals surface area (Å²) in [7, 11) is 0. The average Bonchev–Trinajstić information content (AvgIpc) is 2.69. The predicted molar refractivity (Wildman–Crippen MR) is 65.8 cm³/mol. The largest absolute Gasteiger partial charge is 0.388 e. The van der Waals surface area contributed by atoms with Crippen LogP contribution in [0, 0.1) is 17.0 Å². The molecule has 1 fully saturated rings. The van der Waals surface area contributed by atoms with E-state index >= 15 is 0 Å². The van der Waals surface area contributed by atoms with Gasteiger partial charge in [0.25, 0.3) is 11.6 Å². The number of hydrogen-bond donors (Lipinski definition) is 2. The number of hydrogen-bond acceptors (Lipinski definition) is 5. The zero-order valence-electron chi connectivity index (χ0n) is 10.3. The number of likely N-dealkylation sites (tertiary alicyclic amines) is 1. The molecular formula is C12H14N2O5. The van der Waals surface area contributed by atoms with Crippen molar-refractivity contribution in [1.82, 2.24) is 4.90 Å². The van der Waals surface area contributed by atoms with Crippen molar-refractivity contribution < 1.29 is 19.9 Å². The van der Waals surface area contributed by atoms with Crippen LogP contribution in [0.3, 0.4) is 0 Å². The molecule has 1 heterocycles. The van der Waals surface area contributed by atoms with Crippen LogP contribution in [0.15, 0.2) is 18.2 Å². The molecule has 0 radical (unpaired) electrons. The van der Waals surface area contributed by atoms with Crippen molar-refractivity contribution in [2.45, 2.75) is 19.1 Å². The van der Waals surface area contributed by atoms with E-state index in [1.54, 1.807) is 6.92 Å². The second-order valence-electron chi connectivity index (χ2n) is 4.60. The average molecular weight is 266 g/mol. The molecule has 19 heavy (non-hydrogen) atoms. The number of benzene rings is 1. The number of nitro benzene ring substituents is 1. The Morgan fingerprint density at radius 1 is 1.37 bits per heavy atom. The van der Waals surface area contributed by atoms with Gasteiger partial charge in [0.15, 0.2) is 0 Å². The number of aliphatic hydroxyl groups is 2. The van der Waals surface area contributed by atoms with Gasteiger partial charge >= 0.3 is 0 Å². The second kappa shape index (κ2) is 4.94. The van der Waals surface area contributed by atoms with Crippen LogP contribution < -0.4 is 0 Å². The quantitative estimate of drug-likeness (QED) is 0.582. The summed E-state index contributed by atoms with van der Waals surface area (Å²) in [5.74, 6) is -0.420. The van der Waals surface area contributed by atoms with Gasteiger partial charge in [-0.05, 0) is 12.5 Å². The van der Waals surface area contributed by atoms with Crippen LogP contribution >= 0.6 is 0 Å². The van der Waals surface area contributed by atoms with Gasteiger partial charge in [-0.3, -0.25) is 14.9 Å². The molecule has 0 spiro atoms. The maximum absolute atomic E-state index is 12.2. The molecule has 1 amide bonds. The molecule has 1 aliphatic rings. The fraction of sp³-hybridized carbons (Fsp3) is 0.417. The number of β-amino-alcohol motifs (C(OH)–C–C–N with tert-alkyl or cyclic N) is 2. The summed E-state index contributed by atoms with van der Waals surface area (Å²) < 4.78 is 0. The van der Waals surface area contributed by atoms with Crippen molar-refractivity contribution in [1.29, 1.82) is 0 Å². The Bertz CT molecular complexity index is 521. The number of nitro groups is 1. The van der Waals surface area contributed by atoms with Gasteiger partial charge in [-0.25, -0.2) is 0 Å². The van der Waals surface area contributed by atoms with Gasteiger partial charge in [0.05, 0.1) is 17.1 Å². The van der Waals surface area contributed by atoms with Crippen LogP contribution in [-0.4, -0.2) is 51.2 Å². The summed E-state index contributed by atoms with van der Waals surface area (Å²) in [4.78, 5) is 23.7. The standard InChI is InChI=1S/C12H14N2O5/c1-7-2-3-8(14(18)19)4-9(7)12(17)13-5-10(15)11(16)6-13/h2-4,10-11,15-16H,5-6H2,1H3/t10-,11+. The van der Waals surface area contributed by atoms with Crippen molar-refractivity contribution in [2.75, 3.05) is 13.1 Å². The van der Waals surface area contributed by atoms with E-state index < -0.39 is 23.0 Å². The van der Waals surface area contributed by atoms with E-state index in [2.05, 4.69) is 0 Å². The summed E-state index contributed by atoms with van der Waals surface area (Å²) in [5.41, 5.74) is 0.677. The molecule has 1 saturated heterocycles. The number of nitrogens with zero attached hydrogens (tertiary/aromatic N) is 2. The molecular weight excluding hydrogens is 252 g/mol. The van der Waals surface area contributed by atoms with Gasteiger partial charge in [0, 0.05) is 30.8 Å². The molecule has 2 rings (SSSR count). The third kappa shape index (κ3) is 2.56. The van der Waals surface area contributed by atoms with E-state index in [0.717, 1.165) is 0 Å². The minimum Gasteiger partial charge on any atom is -0.388 e. The summed E-state index contributed by atoms with van der Waals surface area (Å²) in [6.45, 7) is 1.74. The van der Waals surface area contributed by atoms with E-state index in [1.807, 2.05) is 0 Å². The molecule has 0 aliphatic carbocycles. The van der Waals surface area contributed by atoms with Crippen LogP contribution in [0.1, 0.15) is 15.9 Å². The number of carbonyl (C=O) groups excluding carboxylic acids is 1. The lowest BCUT2D eigenvalue weighted by Crippen LogP contribution is -2.30. The fourth-order valence-corrected chi connectivity index (χ4v) is 2.06. The Kier molecular flexibility index (Phi) is 3.50. The van der Waals surface area contributed by atoms with Gasteiger partial charge < -0.3 is 15.1 Å². The monoisotopic (exact) mass is 266 g/mol. The SMILES string of the molecule is Cc1ccc([N+](=O)[O-])cc1C(=O)N1C[C@@H](O)[C@@H](O)C1. The summed E-state index contributed by atoms with van der Waals surface area (Å²) in [6.07, 6.45) is -1.94. The van der Waals surface area contributed by atoms with Crippen molar-refractivity contribution in [3.8, 4) is 0 Å². The first kappa shape index (κ1) is 13.4. The Hall–Kier alpha value is -1.99. The molecule has 0 bridgehead atoms. The molecule has 0 saturated carbocycles. The highest BCUT2D eigenvalue weighted by Gasteiger charge is 2.33. The molecule has 2 N–H and O–H groups in total. The van der Waals surface area contributed by atoms with Crippen LogP contribution in [0.25, 0.3) is 0 Å². The number of rotatable bonds is 2. The lowest BCUT2D eigenvalue weighted by atomic mass is 10.1.